The van der Waals surface area contributed by atoms with Gasteiger partial charge in [0.05, 0.1) is 19.2 Å². The van der Waals surface area contributed by atoms with E-state index in [2.05, 4.69) is 37.0 Å². The Labute approximate surface area is 353 Å². The molecule has 1 aliphatic rings. The van der Waals surface area contributed by atoms with Crippen LogP contribution in [-0.2, 0) is 46.4 Å². The van der Waals surface area contributed by atoms with Crippen molar-refractivity contribution in [3.8, 4) is 5.75 Å². The number of aromatic hydroxyl groups is 1. The molecule has 3 aromatic rings. The number of hydrogen-bond acceptors (Lipinski definition) is 12. The van der Waals surface area contributed by atoms with Crippen LogP contribution >= 0.6 is 0 Å². The van der Waals surface area contributed by atoms with Crippen molar-refractivity contribution in [1.29, 1.82) is 0 Å². The Bertz CT molecular complexity index is 1990. The Morgan fingerprint density at radius 3 is 2.20 bits per heavy atom. The van der Waals surface area contributed by atoms with Gasteiger partial charge in [-0.1, -0.05) is 44.2 Å². The first-order chi connectivity index (χ1) is 29.1. The van der Waals surface area contributed by atoms with E-state index in [0.717, 1.165) is 16.5 Å². The smallest absolute Gasteiger partial charge is 0.245 e. The fourth-order valence-corrected chi connectivity index (χ4v) is 7.16. The molecule has 0 radical (unpaired) electrons. The van der Waals surface area contributed by atoms with Gasteiger partial charge in [-0.3, -0.25) is 44.8 Å². The summed E-state index contributed by atoms with van der Waals surface area (Å²) in [6, 6.07) is 6.41. The third kappa shape index (κ3) is 14.0. The number of phenols is 1. The van der Waals surface area contributed by atoms with Crippen molar-refractivity contribution in [2.75, 3.05) is 26.2 Å². The Morgan fingerprint density at radius 1 is 0.852 bits per heavy atom. The number of nitrogens with zero attached hydrogens (tertiary/aromatic N) is 1. The van der Waals surface area contributed by atoms with Crippen LogP contribution in [0.15, 0.2) is 54.7 Å². The minimum Gasteiger partial charge on any atom is -0.508 e. The number of likely N-dealkylation sites (tertiary alicyclic amines) is 1. The second-order valence-corrected chi connectivity index (χ2v) is 15.6. The quantitative estimate of drug-likeness (QED) is 0.0275. The summed E-state index contributed by atoms with van der Waals surface area (Å²) in [4.78, 5) is 97.3. The molecule has 1 aliphatic heterocycles. The largest absolute Gasteiger partial charge is 0.508 e. The molecule has 1 saturated heterocycles. The van der Waals surface area contributed by atoms with Crippen molar-refractivity contribution in [3.63, 3.8) is 0 Å². The van der Waals surface area contributed by atoms with Gasteiger partial charge < -0.3 is 58.1 Å². The lowest BCUT2D eigenvalue weighted by atomic mass is 10.0. The number of aliphatic hydroxyl groups excluding tert-OH is 1. The predicted octanol–water partition coefficient (Wildman–Crippen LogP) is -2.20. The molecule has 0 saturated carbocycles. The number of H-pyrrole nitrogens is 1. The number of aromatic amines is 1. The number of nitrogens with one attached hydrogen (secondary N) is 7. The zero-order valence-electron chi connectivity index (χ0n) is 34.4. The lowest BCUT2D eigenvalue weighted by Crippen LogP contribution is -2.58. The van der Waals surface area contributed by atoms with Crippen LogP contribution in [0.4, 0.5) is 0 Å². The van der Waals surface area contributed by atoms with Gasteiger partial charge in [0.15, 0.2) is 0 Å². The Balaban J connectivity index is 1.41. The zero-order valence-corrected chi connectivity index (χ0v) is 34.4. The second-order valence-electron chi connectivity index (χ2n) is 15.6. The fourth-order valence-electron chi connectivity index (χ4n) is 7.16. The van der Waals surface area contributed by atoms with Crippen LogP contribution in [0.1, 0.15) is 57.1 Å². The highest BCUT2D eigenvalue weighted by Gasteiger charge is 2.37. The second kappa shape index (κ2) is 23.1. The van der Waals surface area contributed by atoms with Gasteiger partial charge in [-0.15, -0.1) is 0 Å². The van der Waals surface area contributed by atoms with E-state index in [9.17, 15) is 43.8 Å². The molecular formula is C41H59N11O9. The summed E-state index contributed by atoms with van der Waals surface area (Å²) in [7, 11) is 0. The van der Waals surface area contributed by atoms with Gasteiger partial charge in [0.2, 0.25) is 41.4 Å². The van der Waals surface area contributed by atoms with Crippen molar-refractivity contribution in [3.05, 3.63) is 65.9 Å². The number of phenolic OH excluding ortho intramolecular Hbond substituents is 1. The highest BCUT2D eigenvalue weighted by atomic mass is 16.3. The summed E-state index contributed by atoms with van der Waals surface area (Å²) in [5, 5.41) is 33.6. The number of carbonyl (C=O) groups excluding carboxylic acids is 7. The molecule has 20 heteroatoms. The first kappa shape index (κ1) is 47.6. The molecule has 0 spiro atoms. The normalized spacial score (nSPS) is 16.2. The summed E-state index contributed by atoms with van der Waals surface area (Å²) >= 11 is 0. The number of aromatic nitrogens is 1. The Kier molecular flexibility index (Phi) is 18.0. The lowest BCUT2D eigenvalue weighted by Gasteiger charge is -2.29. The van der Waals surface area contributed by atoms with Gasteiger partial charge in [0, 0.05) is 36.6 Å². The van der Waals surface area contributed by atoms with Crippen molar-refractivity contribution in [2.24, 2.45) is 23.2 Å². The standard InChI is InChI=1S/C41H59N11O9/c1-23(2)17-31(39(59)49-30(9-5-15-47-44)41(61)52-16-6-10-34(52)36(43)56)48-35(55)21-46-38(58)32(18-24-11-13-26(54)14-12-24)50-40(60)33(22-53)51-37(57)28(42)19-25-20-45-29-8-4-3-7-27(25)29/h3-4,7-8,11-14,20,23,28,30-34,45,47,53-54H,5-6,9-10,15-19,21-22,42,44H2,1-2H3,(H2,43,56)(H,46,58)(H,48,55)(H,49,59)(H,50,60)(H,51,57). The van der Waals surface area contributed by atoms with Crippen molar-refractivity contribution in [2.45, 2.75) is 95.0 Å². The Hall–Kier alpha value is -6.09. The molecule has 7 amide bonds. The summed E-state index contributed by atoms with van der Waals surface area (Å²) in [5.41, 5.74) is 16.4. The molecule has 61 heavy (non-hydrogen) atoms. The molecule has 15 N–H and O–H groups in total. The van der Waals surface area contributed by atoms with E-state index in [0.29, 0.717) is 37.9 Å². The number of para-hydroxylation sites is 1. The van der Waals surface area contributed by atoms with Crippen LogP contribution < -0.4 is 49.3 Å². The molecule has 0 bridgehead atoms. The minimum atomic E-state index is -1.50. The number of aliphatic hydroxyl groups is 1. The molecule has 332 valence electrons. The molecule has 4 rings (SSSR count). The predicted molar refractivity (Wildman–Crippen MR) is 224 cm³/mol. The number of primary amides is 1. The van der Waals surface area contributed by atoms with Gasteiger partial charge in [-0.25, -0.2) is 0 Å². The first-order valence-electron chi connectivity index (χ1n) is 20.3. The number of hydrogen-bond donors (Lipinski definition) is 12. The van der Waals surface area contributed by atoms with Crippen LogP contribution in [0, 0.1) is 5.92 Å². The van der Waals surface area contributed by atoms with Crippen LogP contribution in [0.5, 0.6) is 5.75 Å². The van der Waals surface area contributed by atoms with Gasteiger partial charge in [-0.2, -0.15) is 0 Å². The van der Waals surface area contributed by atoms with Crippen LogP contribution in [0.3, 0.4) is 0 Å². The van der Waals surface area contributed by atoms with Crippen molar-refractivity contribution >= 4 is 52.3 Å². The first-order valence-corrected chi connectivity index (χ1v) is 20.3. The minimum absolute atomic E-state index is 0.0355. The van der Waals surface area contributed by atoms with E-state index in [1.54, 1.807) is 6.20 Å². The highest BCUT2D eigenvalue weighted by molar-refractivity contribution is 5.96. The third-order valence-electron chi connectivity index (χ3n) is 10.4. The summed E-state index contributed by atoms with van der Waals surface area (Å²) in [6.45, 7) is 2.86. The van der Waals surface area contributed by atoms with E-state index in [4.69, 9.17) is 17.3 Å². The average Bonchev–Trinajstić information content (AvgIpc) is 3.89. The highest BCUT2D eigenvalue weighted by Crippen LogP contribution is 2.21. The van der Waals surface area contributed by atoms with Gasteiger partial charge in [0.1, 0.15) is 36.0 Å². The number of fused-ring (bicyclic) bond motifs is 1. The number of carbonyl (C=O) groups is 7. The number of nitrogens with two attached hydrogens (primary N) is 3. The third-order valence-corrected chi connectivity index (χ3v) is 10.4. The van der Waals surface area contributed by atoms with E-state index >= 15 is 0 Å². The number of amides is 7. The maximum absolute atomic E-state index is 13.7. The monoisotopic (exact) mass is 849 g/mol. The SMILES string of the molecule is CC(C)CC(NC(=O)CNC(=O)C(Cc1ccc(O)cc1)NC(=O)C(CO)NC(=O)C(N)Cc1c[nH]c2ccccc12)C(=O)NC(CCCNN)C(=O)N1CCCC1C(N)=O. The molecule has 6 unspecified atom stereocenters. The number of rotatable bonds is 23. The summed E-state index contributed by atoms with van der Waals surface area (Å²) < 4.78 is 0. The van der Waals surface area contributed by atoms with Gasteiger partial charge in [0.25, 0.3) is 0 Å². The molecule has 1 fully saturated rings. The molecule has 2 aromatic carbocycles. The van der Waals surface area contributed by atoms with Crippen molar-refractivity contribution in [1.82, 2.24) is 41.9 Å². The summed E-state index contributed by atoms with van der Waals surface area (Å²) in [6.07, 6.45) is 3.48. The van der Waals surface area contributed by atoms with Crippen LogP contribution in [0.25, 0.3) is 10.9 Å². The zero-order chi connectivity index (χ0) is 44.6. The lowest BCUT2D eigenvalue weighted by molar-refractivity contribution is -0.141. The molecule has 2 heterocycles. The number of hydrazine groups is 1. The van der Waals surface area contributed by atoms with Crippen LogP contribution in [0.2, 0.25) is 0 Å². The molecule has 20 nitrogen and oxygen atoms in total. The van der Waals surface area contributed by atoms with Crippen LogP contribution in [-0.4, -0.2) is 124 Å². The fraction of sp³-hybridized carbons (Fsp3) is 0.488. The van der Waals surface area contributed by atoms with Crippen molar-refractivity contribution < 1.29 is 43.8 Å². The maximum atomic E-state index is 13.7. The van der Waals surface area contributed by atoms with E-state index in [1.165, 1.54) is 29.2 Å². The summed E-state index contributed by atoms with van der Waals surface area (Å²) in [5.74, 6) is 0.323. The van der Waals surface area contributed by atoms with E-state index < -0.39 is 90.8 Å². The van der Waals surface area contributed by atoms with E-state index in [-0.39, 0.29) is 37.4 Å². The maximum Gasteiger partial charge on any atom is 0.245 e. The molecule has 1 aromatic heterocycles. The molecular weight excluding hydrogens is 791 g/mol. The van der Waals surface area contributed by atoms with Gasteiger partial charge >= 0.3 is 0 Å². The number of benzene rings is 2. The molecule has 0 aliphatic carbocycles. The average molecular weight is 850 g/mol. The van der Waals surface area contributed by atoms with Gasteiger partial charge in [-0.05, 0) is 73.8 Å². The Morgan fingerprint density at radius 2 is 1.52 bits per heavy atom. The molecule has 6 atom stereocenters. The topological polar surface area (TPSA) is 329 Å². The van der Waals surface area contributed by atoms with E-state index in [1.807, 2.05) is 38.1 Å².